The van der Waals surface area contributed by atoms with Crippen molar-refractivity contribution in [1.29, 1.82) is 0 Å². The summed E-state index contributed by atoms with van der Waals surface area (Å²) in [5, 5.41) is 16.6. The van der Waals surface area contributed by atoms with Gasteiger partial charge in [-0.1, -0.05) is 30.3 Å². The molecule has 1 aromatic heterocycles. The van der Waals surface area contributed by atoms with E-state index in [1.165, 1.54) is 12.0 Å². The Bertz CT molecular complexity index is 1220. The third-order valence-electron chi connectivity index (χ3n) is 7.88. The van der Waals surface area contributed by atoms with E-state index >= 15 is 0 Å². The number of carboxylic acids is 1. The number of carboxylic acid groups (broad SMARTS) is 1. The SMILES string of the molecule is O=C(O)c1n[nH]c2cc(-c3ccc([C@H]4CC45CCN(C(=O)C4CCCO4)CC5)cc3)ccc12. The molecule has 3 fully saturated rings. The van der Waals surface area contributed by atoms with Gasteiger partial charge in [-0.05, 0) is 72.3 Å². The Morgan fingerprint density at radius 2 is 1.85 bits per heavy atom. The van der Waals surface area contributed by atoms with E-state index in [0.717, 1.165) is 55.4 Å². The van der Waals surface area contributed by atoms with Crippen LogP contribution in [0.1, 0.15) is 54.1 Å². The minimum absolute atomic E-state index is 0.0504. The first-order chi connectivity index (χ1) is 16.0. The van der Waals surface area contributed by atoms with Gasteiger partial charge >= 0.3 is 5.97 Å². The summed E-state index contributed by atoms with van der Waals surface area (Å²) in [5.74, 6) is -0.271. The van der Waals surface area contributed by atoms with Crippen molar-refractivity contribution < 1.29 is 19.4 Å². The molecule has 0 radical (unpaired) electrons. The average molecular weight is 446 g/mol. The van der Waals surface area contributed by atoms with Crippen molar-refractivity contribution >= 4 is 22.8 Å². The van der Waals surface area contributed by atoms with Crippen molar-refractivity contribution in [3.63, 3.8) is 0 Å². The molecule has 7 heteroatoms. The first kappa shape index (κ1) is 20.4. The zero-order valence-corrected chi connectivity index (χ0v) is 18.4. The number of nitrogens with zero attached hydrogens (tertiary/aromatic N) is 2. The number of nitrogens with one attached hydrogen (secondary N) is 1. The number of carbonyl (C=O) groups is 2. The zero-order chi connectivity index (χ0) is 22.6. The first-order valence-corrected chi connectivity index (χ1v) is 11.8. The van der Waals surface area contributed by atoms with Crippen molar-refractivity contribution in [2.75, 3.05) is 19.7 Å². The Hall–Kier alpha value is -3.19. The van der Waals surface area contributed by atoms with Crippen LogP contribution in [0.3, 0.4) is 0 Å². The predicted octanol–water partition coefficient (Wildman–Crippen LogP) is 4.20. The van der Waals surface area contributed by atoms with Gasteiger partial charge in [0, 0.05) is 25.1 Å². The van der Waals surface area contributed by atoms with Crippen molar-refractivity contribution in [1.82, 2.24) is 15.1 Å². The lowest BCUT2D eigenvalue weighted by atomic mass is 9.88. The first-order valence-electron chi connectivity index (χ1n) is 11.8. The van der Waals surface area contributed by atoms with E-state index < -0.39 is 5.97 Å². The molecule has 1 amide bonds. The van der Waals surface area contributed by atoms with Gasteiger partial charge in [-0.15, -0.1) is 0 Å². The molecule has 2 N–H and O–H groups in total. The fraction of sp³-hybridized carbons (Fsp3) is 0.423. The van der Waals surface area contributed by atoms with E-state index in [2.05, 4.69) is 34.5 Å². The van der Waals surface area contributed by atoms with Crippen LogP contribution in [0.5, 0.6) is 0 Å². The highest BCUT2D eigenvalue weighted by Crippen LogP contribution is 2.65. The van der Waals surface area contributed by atoms with Gasteiger partial charge in [0.2, 0.25) is 0 Å². The lowest BCUT2D eigenvalue weighted by Crippen LogP contribution is -2.44. The fourth-order valence-electron chi connectivity index (χ4n) is 5.79. The Labute approximate surface area is 191 Å². The number of amides is 1. The molecular weight excluding hydrogens is 418 g/mol. The maximum Gasteiger partial charge on any atom is 0.357 e. The van der Waals surface area contributed by atoms with Gasteiger partial charge in [-0.25, -0.2) is 4.79 Å². The highest BCUT2D eigenvalue weighted by Gasteiger charge is 2.55. The molecule has 6 rings (SSSR count). The number of piperidine rings is 1. The number of hydrogen-bond donors (Lipinski definition) is 2. The molecule has 3 aliphatic rings. The van der Waals surface area contributed by atoms with E-state index in [-0.39, 0.29) is 17.7 Å². The van der Waals surface area contributed by atoms with Crippen molar-refractivity contribution in [2.24, 2.45) is 5.41 Å². The normalized spacial score (nSPS) is 23.8. The van der Waals surface area contributed by atoms with Crippen LogP contribution in [0.4, 0.5) is 0 Å². The number of benzene rings is 2. The minimum Gasteiger partial charge on any atom is -0.476 e. The number of aromatic nitrogens is 2. The Kier molecular flexibility index (Phi) is 4.76. The van der Waals surface area contributed by atoms with Crippen LogP contribution < -0.4 is 0 Å². The van der Waals surface area contributed by atoms with E-state index in [9.17, 15) is 14.7 Å². The molecule has 3 aromatic rings. The van der Waals surface area contributed by atoms with Crippen LogP contribution in [0.25, 0.3) is 22.0 Å². The molecule has 3 heterocycles. The Morgan fingerprint density at radius 1 is 1.09 bits per heavy atom. The number of fused-ring (bicyclic) bond motifs is 1. The second-order valence-corrected chi connectivity index (χ2v) is 9.71. The highest BCUT2D eigenvalue weighted by atomic mass is 16.5. The molecule has 170 valence electrons. The average Bonchev–Trinajstić information content (AvgIpc) is 3.21. The van der Waals surface area contributed by atoms with Crippen LogP contribution in [-0.4, -0.2) is 57.9 Å². The van der Waals surface area contributed by atoms with E-state index in [1.54, 1.807) is 0 Å². The van der Waals surface area contributed by atoms with E-state index in [0.29, 0.717) is 23.3 Å². The quantitative estimate of drug-likeness (QED) is 0.627. The fourth-order valence-corrected chi connectivity index (χ4v) is 5.79. The molecular formula is C26H27N3O4. The van der Waals surface area contributed by atoms with Gasteiger partial charge < -0.3 is 14.7 Å². The predicted molar refractivity (Wildman–Crippen MR) is 123 cm³/mol. The maximum atomic E-state index is 12.6. The lowest BCUT2D eigenvalue weighted by molar-refractivity contribution is -0.142. The molecule has 1 saturated carbocycles. The summed E-state index contributed by atoms with van der Waals surface area (Å²) in [6.07, 6.45) is 4.99. The molecule has 2 aromatic carbocycles. The van der Waals surface area contributed by atoms with Gasteiger partial charge in [0.05, 0.1) is 5.52 Å². The molecule has 1 unspecified atom stereocenters. The van der Waals surface area contributed by atoms with Gasteiger partial charge in [0.1, 0.15) is 6.10 Å². The molecule has 1 aliphatic carbocycles. The maximum absolute atomic E-state index is 12.6. The molecule has 2 saturated heterocycles. The summed E-state index contributed by atoms with van der Waals surface area (Å²) >= 11 is 0. The van der Waals surface area contributed by atoms with Crippen LogP contribution in [0, 0.1) is 5.41 Å². The lowest BCUT2D eigenvalue weighted by Gasteiger charge is -2.34. The summed E-state index contributed by atoms with van der Waals surface area (Å²) in [6, 6.07) is 14.4. The number of H-pyrrole nitrogens is 1. The second kappa shape index (κ2) is 7.70. The number of rotatable bonds is 4. The van der Waals surface area contributed by atoms with Gasteiger partial charge in [0.25, 0.3) is 5.91 Å². The number of likely N-dealkylation sites (tertiary alicyclic amines) is 1. The number of hydrogen-bond acceptors (Lipinski definition) is 4. The van der Waals surface area contributed by atoms with Crippen molar-refractivity contribution in [2.45, 2.75) is 44.1 Å². The molecule has 0 bridgehead atoms. The monoisotopic (exact) mass is 445 g/mol. The van der Waals surface area contributed by atoms with E-state index in [1.807, 2.05) is 23.1 Å². The summed E-state index contributed by atoms with van der Waals surface area (Å²) in [5.41, 5.74) is 4.61. The summed E-state index contributed by atoms with van der Waals surface area (Å²) in [7, 11) is 0. The Morgan fingerprint density at radius 3 is 2.55 bits per heavy atom. The Balaban J connectivity index is 1.12. The summed E-state index contributed by atoms with van der Waals surface area (Å²) in [6.45, 7) is 2.40. The largest absolute Gasteiger partial charge is 0.476 e. The van der Waals surface area contributed by atoms with Crippen molar-refractivity contribution in [3.8, 4) is 11.1 Å². The summed E-state index contributed by atoms with van der Waals surface area (Å²) < 4.78 is 5.59. The number of carbonyl (C=O) groups excluding carboxylic acids is 1. The standard InChI is InChI=1S/C26H27N3O4/c30-24(22-2-1-13-33-22)29-11-9-26(10-12-29)15-20(26)17-5-3-16(4-6-17)18-7-8-19-21(14-18)27-28-23(19)25(31)32/h3-8,14,20,22H,1-2,9-13,15H2,(H,27,28)(H,31,32)/t20-,22?/m1/s1. The molecule has 33 heavy (non-hydrogen) atoms. The van der Waals surface area contributed by atoms with E-state index in [4.69, 9.17) is 4.74 Å². The third kappa shape index (κ3) is 3.51. The third-order valence-corrected chi connectivity index (χ3v) is 7.88. The molecule has 7 nitrogen and oxygen atoms in total. The number of ether oxygens (including phenoxy) is 1. The van der Waals surface area contributed by atoms with Crippen LogP contribution >= 0.6 is 0 Å². The van der Waals surface area contributed by atoms with Gasteiger partial charge in [-0.3, -0.25) is 9.89 Å². The van der Waals surface area contributed by atoms with Crippen LogP contribution in [0.2, 0.25) is 0 Å². The molecule has 2 atom stereocenters. The smallest absolute Gasteiger partial charge is 0.357 e. The minimum atomic E-state index is -1.03. The topological polar surface area (TPSA) is 95.5 Å². The number of aromatic carboxylic acids is 1. The molecule has 2 aliphatic heterocycles. The number of aromatic amines is 1. The zero-order valence-electron chi connectivity index (χ0n) is 18.4. The van der Waals surface area contributed by atoms with Gasteiger partial charge in [0.15, 0.2) is 5.69 Å². The second-order valence-electron chi connectivity index (χ2n) is 9.71. The van der Waals surface area contributed by atoms with Gasteiger partial charge in [-0.2, -0.15) is 5.10 Å². The highest BCUT2D eigenvalue weighted by molar-refractivity contribution is 6.01. The van der Waals surface area contributed by atoms with Crippen molar-refractivity contribution in [3.05, 3.63) is 53.7 Å². The molecule has 1 spiro atoms. The van der Waals surface area contributed by atoms with Crippen LogP contribution in [0.15, 0.2) is 42.5 Å². The summed E-state index contributed by atoms with van der Waals surface area (Å²) in [4.78, 5) is 25.9. The van der Waals surface area contributed by atoms with Crippen LogP contribution in [-0.2, 0) is 9.53 Å².